The molecule has 0 rings (SSSR count). The molecule has 0 heterocycles. The Morgan fingerprint density at radius 3 is 1.86 bits per heavy atom. The summed E-state index contributed by atoms with van der Waals surface area (Å²) in [6.45, 7) is 0. The molecular weight excluding hydrogens is 129 g/mol. The van der Waals surface area contributed by atoms with E-state index in [-0.39, 0.29) is 0 Å². The summed E-state index contributed by atoms with van der Waals surface area (Å²) in [5, 5.41) is 0. The van der Waals surface area contributed by atoms with Crippen LogP contribution in [-0.4, -0.2) is 11.9 Å². The van der Waals surface area contributed by atoms with E-state index in [4.69, 9.17) is 4.55 Å². The largest absolute Gasteiger partial charge is 0.400 e. The van der Waals surface area contributed by atoms with Gasteiger partial charge in [-0.2, -0.15) is 17.7 Å². The Bertz CT molecular complexity index is 51.4. The second-order valence-electron chi connectivity index (χ2n) is 0.877. The molecule has 0 fully saturated rings. The Labute approximate surface area is 42.7 Å². The van der Waals surface area contributed by atoms with Crippen LogP contribution in [0.2, 0.25) is 0 Å². The monoisotopic (exact) mass is 131 g/mol. The summed E-state index contributed by atoms with van der Waals surface area (Å²) in [5.74, 6) is -1.30. The highest BCUT2D eigenvalue weighted by Crippen LogP contribution is 2.18. The predicted octanol–water partition coefficient (Wildman–Crippen LogP) is 1.63. The zero-order valence-electron chi connectivity index (χ0n) is 3.16. The van der Waals surface area contributed by atoms with Gasteiger partial charge in [-0.3, -0.25) is 0 Å². The van der Waals surface area contributed by atoms with Crippen molar-refractivity contribution in [2.45, 2.75) is 6.18 Å². The Kier molecular flexibility index (Phi) is 2.45. The molecule has 0 aliphatic rings. The normalized spacial score (nSPS) is 12.0. The van der Waals surface area contributed by atoms with Gasteiger partial charge in [-0.25, -0.2) is 0 Å². The summed E-state index contributed by atoms with van der Waals surface area (Å²) >= 11 is -0.466. The Hall–Kier alpha value is 0.100. The Balaban J connectivity index is 3.15. The quantitative estimate of drug-likeness (QED) is 0.495. The standard InChI is InChI=1S/C2H2F3OS/c3-2(4,5)1-7-6/h1H2. The average Bonchev–Trinajstić information content (AvgIpc) is 1.30. The van der Waals surface area contributed by atoms with Gasteiger partial charge >= 0.3 is 6.18 Å². The Morgan fingerprint density at radius 1 is 1.43 bits per heavy atom. The van der Waals surface area contributed by atoms with Gasteiger partial charge in [0.2, 0.25) is 0 Å². The smallest absolute Gasteiger partial charge is 0.170 e. The zero-order chi connectivity index (χ0) is 5.91. The molecule has 0 amide bonds. The molecule has 1 nitrogen and oxygen atoms in total. The number of hydrogen-bond donors (Lipinski definition) is 0. The van der Waals surface area contributed by atoms with Crippen LogP contribution in [-0.2, 0) is 4.55 Å². The minimum Gasteiger partial charge on any atom is -0.170 e. The zero-order valence-corrected chi connectivity index (χ0v) is 3.97. The lowest BCUT2D eigenvalue weighted by Gasteiger charge is -1.97. The van der Waals surface area contributed by atoms with Crippen LogP contribution in [0.3, 0.4) is 0 Å². The van der Waals surface area contributed by atoms with Gasteiger partial charge in [-0.1, -0.05) is 0 Å². The molecule has 0 aromatic rings. The van der Waals surface area contributed by atoms with Crippen LogP contribution >= 0.6 is 12.0 Å². The summed E-state index contributed by atoms with van der Waals surface area (Å²) in [5.41, 5.74) is 0. The summed E-state index contributed by atoms with van der Waals surface area (Å²) in [6.07, 6.45) is -4.30. The molecule has 5 heteroatoms. The minimum atomic E-state index is -4.30. The molecule has 43 valence electrons. The van der Waals surface area contributed by atoms with E-state index in [1.807, 2.05) is 0 Å². The van der Waals surface area contributed by atoms with Crippen LogP contribution in [0.5, 0.6) is 0 Å². The molecule has 7 heavy (non-hydrogen) atoms. The van der Waals surface area contributed by atoms with E-state index in [9.17, 15) is 13.2 Å². The number of alkyl halides is 3. The van der Waals surface area contributed by atoms with E-state index < -0.39 is 24.0 Å². The van der Waals surface area contributed by atoms with Gasteiger partial charge in [0.05, 0.1) is 0 Å². The van der Waals surface area contributed by atoms with Crippen LogP contribution in [0.15, 0.2) is 0 Å². The first-order chi connectivity index (χ1) is 3.06. The molecular formula is C2H2F3OS. The predicted molar refractivity (Wildman–Crippen MR) is 19.2 cm³/mol. The highest BCUT2D eigenvalue weighted by atomic mass is 32.2. The lowest BCUT2D eigenvalue weighted by Crippen LogP contribution is -2.09. The lowest BCUT2D eigenvalue weighted by atomic mass is 10.8. The van der Waals surface area contributed by atoms with Gasteiger partial charge in [0, 0.05) is 12.0 Å². The van der Waals surface area contributed by atoms with Crippen LogP contribution in [0.4, 0.5) is 13.2 Å². The van der Waals surface area contributed by atoms with Gasteiger partial charge in [0.25, 0.3) is 0 Å². The summed E-state index contributed by atoms with van der Waals surface area (Å²) in [6, 6.07) is 0. The number of hydrogen-bond acceptors (Lipinski definition) is 1. The third-order valence-corrected chi connectivity index (χ3v) is 0.668. The van der Waals surface area contributed by atoms with E-state index in [1.165, 1.54) is 0 Å². The van der Waals surface area contributed by atoms with Crippen molar-refractivity contribution in [2.75, 3.05) is 5.75 Å². The molecule has 0 aromatic heterocycles. The van der Waals surface area contributed by atoms with Gasteiger partial charge < -0.3 is 0 Å². The van der Waals surface area contributed by atoms with Crippen molar-refractivity contribution in [2.24, 2.45) is 0 Å². The van der Waals surface area contributed by atoms with Crippen molar-refractivity contribution in [3.63, 3.8) is 0 Å². The van der Waals surface area contributed by atoms with Gasteiger partial charge in [-0.05, 0) is 0 Å². The molecule has 0 unspecified atom stereocenters. The average molecular weight is 131 g/mol. The van der Waals surface area contributed by atoms with E-state index >= 15 is 0 Å². The van der Waals surface area contributed by atoms with Crippen molar-refractivity contribution < 1.29 is 17.7 Å². The van der Waals surface area contributed by atoms with E-state index in [0.29, 0.717) is 0 Å². The van der Waals surface area contributed by atoms with Crippen molar-refractivity contribution in [3.8, 4) is 0 Å². The molecule has 0 aliphatic carbocycles. The first-order valence-corrected chi connectivity index (χ1v) is 2.29. The minimum absolute atomic E-state index is 0.466. The summed E-state index contributed by atoms with van der Waals surface area (Å²) in [4.78, 5) is 0. The SMILES string of the molecule is [O]SCC(F)(F)F. The number of rotatable bonds is 1. The fourth-order valence-corrected chi connectivity index (χ4v) is 0.200. The molecule has 0 bridgehead atoms. The fourth-order valence-electron chi connectivity index (χ4n) is 0.0668. The highest BCUT2D eigenvalue weighted by molar-refractivity contribution is 7.93. The first kappa shape index (κ1) is 7.10. The second kappa shape index (κ2) is 2.42. The molecule has 0 saturated carbocycles. The molecule has 0 atom stereocenters. The van der Waals surface area contributed by atoms with Gasteiger partial charge in [0.1, 0.15) is 5.75 Å². The van der Waals surface area contributed by atoms with Crippen LogP contribution in [0.1, 0.15) is 0 Å². The molecule has 0 saturated heterocycles. The maximum atomic E-state index is 10.8. The van der Waals surface area contributed by atoms with E-state index in [0.717, 1.165) is 0 Å². The van der Waals surface area contributed by atoms with Crippen LogP contribution in [0.25, 0.3) is 0 Å². The van der Waals surface area contributed by atoms with Gasteiger partial charge in [0.15, 0.2) is 0 Å². The fraction of sp³-hybridized carbons (Fsp3) is 1.00. The van der Waals surface area contributed by atoms with Crippen molar-refractivity contribution in [1.82, 2.24) is 0 Å². The van der Waals surface area contributed by atoms with Crippen molar-refractivity contribution in [1.29, 1.82) is 0 Å². The molecule has 0 spiro atoms. The summed E-state index contributed by atoms with van der Waals surface area (Å²) in [7, 11) is 0. The van der Waals surface area contributed by atoms with E-state index in [2.05, 4.69) is 0 Å². The topological polar surface area (TPSA) is 19.9 Å². The first-order valence-electron chi connectivity index (χ1n) is 1.38. The lowest BCUT2D eigenvalue weighted by molar-refractivity contribution is -0.105. The molecule has 0 aromatic carbocycles. The maximum Gasteiger partial charge on any atom is 0.400 e. The second-order valence-corrected chi connectivity index (χ2v) is 1.40. The van der Waals surface area contributed by atoms with Crippen molar-refractivity contribution >= 4 is 12.0 Å². The third-order valence-electron chi connectivity index (χ3n) is 0.223. The summed E-state index contributed by atoms with van der Waals surface area (Å²) < 4.78 is 41.6. The van der Waals surface area contributed by atoms with Crippen LogP contribution < -0.4 is 0 Å². The van der Waals surface area contributed by atoms with Gasteiger partial charge in [-0.15, -0.1) is 0 Å². The highest BCUT2D eigenvalue weighted by Gasteiger charge is 2.26. The molecule has 0 aliphatic heterocycles. The molecule has 1 radical (unpaired) electrons. The van der Waals surface area contributed by atoms with Crippen molar-refractivity contribution in [3.05, 3.63) is 0 Å². The van der Waals surface area contributed by atoms with Crippen LogP contribution in [0, 0.1) is 0 Å². The molecule has 0 N–H and O–H groups in total. The third kappa shape index (κ3) is 6.10. The Morgan fingerprint density at radius 2 is 1.86 bits per heavy atom. The maximum absolute atomic E-state index is 10.8. The van der Waals surface area contributed by atoms with E-state index in [1.54, 1.807) is 0 Å². The number of halogens is 3.